The van der Waals surface area contributed by atoms with Crippen molar-refractivity contribution >= 4 is 23.8 Å². The Bertz CT molecular complexity index is 2040. The van der Waals surface area contributed by atoms with Crippen molar-refractivity contribution in [1.82, 2.24) is 40.8 Å². The fourth-order valence-electron chi connectivity index (χ4n) is 9.18. The molecule has 1 saturated heterocycles. The monoisotopic (exact) mass is 762 g/mol. The van der Waals surface area contributed by atoms with Gasteiger partial charge in [-0.05, 0) is 78.0 Å². The standard InChI is InChI=1S/C43H54N8O5/c1-23(2)36(41(53)44-5)49-40(52)35-30-18-17-29(20-30)34(35)39-46-22-32(48-39)28-15-11-26(12-16-28)25-9-13-27(14-10-25)31-21-45-38(47-31)33-8-7-19-51(33)42(54)37(24(3)4)50-43(55)56-6/h9-16,21-24,29-30,33-37H,7-8,17-20H2,1-6H3,(H,44,53)(H,45,47)(H,46,48)(H,49,52)(H,50,55)/t29-,30+,33-,34+,35+,36-,37-/m0/s1. The Kier molecular flexibility index (Phi) is 11.3. The maximum atomic E-state index is 13.7. The van der Waals surface area contributed by atoms with Gasteiger partial charge in [-0.2, -0.15) is 0 Å². The van der Waals surface area contributed by atoms with Crippen LogP contribution in [0.5, 0.6) is 0 Å². The first-order chi connectivity index (χ1) is 27.0. The number of hydrogen-bond acceptors (Lipinski definition) is 7. The summed E-state index contributed by atoms with van der Waals surface area (Å²) in [5.74, 6) is 1.57. The molecule has 2 aromatic heterocycles. The minimum absolute atomic E-state index is 0.00380. The Hall–Kier alpha value is -5.46. The smallest absolute Gasteiger partial charge is 0.407 e. The number of fused-ring (bicyclic) bond motifs is 2. The lowest BCUT2D eigenvalue weighted by atomic mass is 9.78. The number of benzene rings is 2. The molecule has 3 aliphatic rings. The molecule has 5 N–H and O–H groups in total. The Morgan fingerprint density at radius 1 is 0.750 bits per heavy atom. The molecule has 0 radical (unpaired) electrons. The van der Waals surface area contributed by atoms with E-state index in [2.05, 4.69) is 79.4 Å². The zero-order chi connectivity index (χ0) is 39.7. The number of likely N-dealkylation sites (N-methyl/N-ethyl adjacent to an activating group) is 1. The van der Waals surface area contributed by atoms with E-state index in [-0.39, 0.29) is 47.4 Å². The lowest BCUT2D eigenvalue weighted by Crippen LogP contribution is -2.51. The Balaban J connectivity index is 1.01. The first-order valence-electron chi connectivity index (χ1n) is 19.9. The van der Waals surface area contributed by atoms with Crippen molar-refractivity contribution < 1.29 is 23.9 Å². The van der Waals surface area contributed by atoms with Crippen LogP contribution in [0.25, 0.3) is 33.6 Å². The SMILES string of the molecule is CNC(=O)[C@@H](NC(=O)[C@@H]1[C@@H]2CC[C@@H](C2)[C@H]1c1ncc(-c2ccc(-c3ccc(-c4cnc([C@@H]5CCCN5C(=O)[C@@H](NC(=O)OC)C(C)C)[nH]4)cc3)cc2)[nH]1)C(C)C. The lowest BCUT2D eigenvalue weighted by Gasteiger charge is -2.31. The van der Waals surface area contributed by atoms with Crippen LogP contribution in [0.1, 0.15) is 83.4 Å². The highest BCUT2D eigenvalue weighted by molar-refractivity contribution is 5.89. The zero-order valence-electron chi connectivity index (χ0n) is 33.1. The molecule has 13 heteroatoms. The predicted octanol–water partition coefficient (Wildman–Crippen LogP) is 6.19. The third-order valence-corrected chi connectivity index (χ3v) is 12.2. The van der Waals surface area contributed by atoms with E-state index in [1.54, 1.807) is 7.05 Å². The van der Waals surface area contributed by atoms with Gasteiger partial charge in [-0.1, -0.05) is 76.2 Å². The molecule has 56 heavy (non-hydrogen) atoms. The Labute approximate surface area is 328 Å². The molecule has 7 atom stereocenters. The van der Waals surface area contributed by atoms with Crippen LogP contribution in [-0.4, -0.2) is 81.4 Å². The van der Waals surface area contributed by atoms with Crippen molar-refractivity contribution in [3.63, 3.8) is 0 Å². The minimum atomic E-state index is -0.684. The van der Waals surface area contributed by atoms with Gasteiger partial charge in [0.15, 0.2) is 0 Å². The number of alkyl carbamates (subject to hydrolysis) is 1. The highest BCUT2D eigenvalue weighted by atomic mass is 16.5. The maximum absolute atomic E-state index is 13.7. The van der Waals surface area contributed by atoms with Gasteiger partial charge in [0.1, 0.15) is 23.7 Å². The number of imidazole rings is 2. The van der Waals surface area contributed by atoms with E-state index < -0.39 is 18.2 Å². The molecular weight excluding hydrogens is 709 g/mol. The van der Waals surface area contributed by atoms with Crippen molar-refractivity contribution in [2.45, 2.75) is 83.8 Å². The number of nitrogens with zero attached hydrogens (tertiary/aromatic N) is 3. The number of likely N-dealkylation sites (tertiary alicyclic amines) is 1. The van der Waals surface area contributed by atoms with Crippen LogP contribution in [0.15, 0.2) is 60.9 Å². The summed E-state index contributed by atoms with van der Waals surface area (Å²) >= 11 is 0. The normalized spacial score (nSPS) is 22.6. The van der Waals surface area contributed by atoms with E-state index in [4.69, 9.17) is 9.72 Å². The van der Waals surface area contributed by atoms with Crippen LogP contribution < -0.4 is 16.0 Å². The van der Waals surface area contributed by atoms with Crippen molar-refractivity contribution in [2.75, 3.05) is 20.7 Å². The van der Waals surface area contributed by atoms with Crippen molar-refractivity contribution in [3.05, 3.63) is 72.6 Å². The molecule has 0 spiro atoms. The molecule has 1 aliphatic heterocycles. The quantitative estimate of drug-likeness (QED) is 0.114. The molecule has 2 saturated carbocycles. The van der Waals surface area contributed by atoms with Crippen LogP contribution in [0.4, 0.5) is 4.79 Å². The van der Waals surface area contributed by atoms with E-state index in [9.17, 15) is 19.2 Å². The van der Waals surface area contributed by atoms with Gasteiger partial charge < -0.3 is 35.6 Å². The third kappa shape index (κ3) is 7.68. The highest BCUT2D eigenvalue weighted by Crippen LogP contribution is 2.56. The van der Waals surface area contributed by atoms with Crippen LogP contribution in [-0.2, 0) is 19.1 Å². The van der Waals surface area contributed by atoms with Gasteiger partial charge in [-0.25, -0.2) is 14.8 Å². The highest BCUT2D eigenvalue weighted by Gasteiger charge is 2.53. The summed E-state index contributed by atoms with van der Waals surface area (Å²) in [7, 11) is 2.89. The first kappa shape index (κ1) is 38.8. The number of methoxy groups -OCH3 is 1. The van der Waals surface area contributed by atoms with Gasteiger partial charge in [0.25, 0.3) is 0 Å². The number of carbonyl (C=O) groups is 4. The topological polar surface area (TPSA) is 174 Å². The number of H-pyrrole nitrogens is 2. The summed E-state index contributed by atoms with van der Waals surface area (Å²) < 4.78 is 4.76. The summed E-state index contributed by atoms with van der Waals surface area (Å²) in [5, 5.41) is 8.46. The fraction of sp³-hybridized carbons (Fsp3) is 0.488. The molecule has 13 nitrogen and oxygen atoms in total. The summed E-state index contributed by atoms with van der Waals surface area (Å²) in [6.45, 7) is 8.30. The molecule has 7 rings (SSSR count). The molecular formula is C43H54N8O5. The predicted molar refractivity (Wildman–Crippen MR) is 213 cm³/mol. The second-order valence-corrected chi connectivity index (χ2v) is 16.3. The average Bonchev–Trinajstić information content (AvgIpc) is 4.06. The van der Waals surface area contributed by atoms with Crippen LogP contribution in [0, 0.1) is 29.6 Å². The molecule has 3 fully saturated rings. The van der Waals surface area contributed by atoms with E-state index in [1.165, 1.54) is 7.11 Å². The second kappa shape index (κ2) is 16.3. The van der Waals surface area contributed by atoms with Crippen molar-refractivity contribution in [1.29, 1.82) is 0 Å². The molecule has 296 valence electrons. The van der Waals surface area contributed by atoms with Gasteiger partial charge >= 0.3 is 6.09 Å². The molecule has 4 aromatic rings. The maximum Gasteiger partial charge on any atom is 0.407 e. The van der Waals surface area contributed by atoms with Crippen LogP contribution in [0.3, 0.4) is 0 Å². The van der Waals surface area contributed by atoms with E-state index >= 15 is 0 Å². The molecule has 0 unspecified atom stereocenters. The Morgan fingerprint density at radius 3 is 1.88 bits per heavy atom. The molecule has 3 heterocycles. The largest absolute Gasteiger partial charge is 0.453 e. The fourth-order valence-corrected chi connectivity index (χ4v) is 9.18. The van der Waals surface area contributed by atoms with Gasteiger partial charge in [0, 0.05) is 19.5 Å². The van der Waals surface area contributed by atoms with E-state index in [0.29, 0.717) is 18.4 Å². The summed E-state index contributed by atoms with van der Waals surface area (Å²) in [6.07, 6.45) is 7.82. The Morgan fingerprint density at radius 2 is 1.30 bits per heavy atom. The molecule has 2 aliphatic carbocycles. The van der Waals surface area contributed by atoms with Gasteiger partial charge in [-0.15, -0.1) is 0 Å². The first-order valence-corrected chi connectivity index (χ1v) is 19.9. The number of aromatic nitrogens is 4. The minimum Gasteiger partial charge on any atom is -0.453 e. The zero-order valence-corrected chi connectivity index (χ0v) is 33.1. The van der Waals surface area contributed by atoms with Crippen molar-refractivity contribution in [3.8, 4) is 33.6 Å². The van der Waals surface area contributed by atoms with E-state index in [1.807, 2.05) is 45.0 Å². The number of amides is 4. The van der Waals surface area contributed by atoms with Crippen LogP contribution in [0.2, 0.25) is 0 Å². The summed E-state index contributed by atoms with van der Waals surface area (Å²) in [5.41, 5.74) is 5.92. The number of aromatic amines is 2. The molecule has 2 bridgehead atoms. The number of hydrogen-bond donors (Lipinski definition) is 5. The number of rotatable bonds is 12. The number of ether oxygens (including phenoxy) is 1. The van der Waals surface area contributed by atoms with Gasteiger partial charge in [0.2, 0.25) is 17.7 Å². The summed E-state index contributed by atoms with van der Waals surface area (Å²) in [4.78, 5) is 70.0. The van der Waals surface area contributed by atoms with Crippen LogP contribution >= 0.6 is 0 Å². The summed E-state index contributed by atoms with van der Waals surface area (Å²) in [6, 6.07) is 15.2. The molecule has 2 aromatic carbocycles. The average molecular weight is 763 g/mol. The number of carbonyl (C=O) groups excluding carboxylic acids is 4. The lowest BCUT2D eigenvalue weighted by molar-refractivity contribution is -0.135. The third-order valence-electron chi connectivity index (χ3n) is 12.2. The van der Waals surface area contributed by atoms with Crippen molar-refractivity contribution in [2.24, 2.45) is 29.6 Å². The van der Waals surface area contributed by atoms with Gasteiger partial charge in [0.05, 0.1) is 42.9 Å². The van der Waals surface area contributed by atoms with Gasteiger partial charge in [-0.3, -0.25) is 14.4 Å². The molecule has 4 amide bonds. The number of nitrogens with one attached hydrogen (secondary N) is 5. The van der Waals surface area contributed by atoms with E-state index in [0.717, 1.165) is 77.4 Å². The second-order valence-electron chi connectivity index (χ2n) is 16.3.